The van der Waals surface area contributed by atoms with E-state index in [4.69, 9.17) is 5.26 Å². The summed E-state index contributed by atoms with van der Waals surface area (Å²) in [4.78, 5) is 0. The SMILES string of the molecule is CCc1cccc(C)c1Nc1nnc(SCCC#N)s1. The topological polar surface area (TPSA) is 61.6 Å². The molecule has 0 bridgehead atoms. The highest BCUT2D eigenvalue weighted by Crippen LogP contribution is 2.30. The maximum atomic E-state index is 8.52. The van der Waals surface area contributed by atoms with E-state index in [9.17, 15) is 0 Å². The highest BCUT2D eigenvalue weighted by Gasteiger charge is 2.09. The summed E-state index contributed by atoms with van der Waals surface area (Å²) in [6.07, 6.45) is 1.51. The van der Waals surface area contributed by atoms with Gasteiger partial charge >= 0.3 is 0 Å². The van der Waals surface area contributed by atoms with Crippen LogP contribution in [0.3, 0.4) is 0 Å². The molecule has 1 N–H and O–H groups in total. The zero-order valence-electron chi connectivity index (χ0n) is 11.5. The van der Waals surface area contributed by atoms with Crippen LogP contribution in [0.4, 0.5) is 10.8 Å². The molecule has 0 aliphatic carbocycles. The Bertz CT molecular complexity index is 616. The molecule has 6 heteroatoms. The second kappa shape index (κ2) is 7.27. The van der Waals surface area contributed by atoms with Crippen LogP contribution in [0.25, 0.3) is 0 Å². The minimum absolute atomic E-state index is 0.533. The molecule has 0 atom stereocenters. The van der Waals surface area contributed by atoms with Crippen LogP contribution >= 0.6 is 23.1 Å². The second-order valence-corrected chi connectivity index (χ2v) is 6.54. The maximum Gasteiger partial charge on any atom is 0.210 e. The molecular formula is C14H16N4S2. The Hall–Kier alpha value is -1.58. The number of rotatable bonds is 6. The Labute approximate surface area is 127 Å². The first-order valence-corrected chi connectivity index (χ1v) is 8.23. The quantitative estimate of drug-likeness (QED) is 0.641. The summed E-state index contributed by atoms with van der Waals surface area (Å²) >= 11 is 3.10. The summed E-state index contributed by atoms with van der Waals surface area (Å²) in [5.41, 5.74) is 3.61. The molecule has 2 aromatic rings. The molecule has 0 aliphatic rings. The van der Waals surface area contributed by atoms with Crippen molar-refractivity contribution in [3.63, 3.8) is 0 Å². The largest absolute Gasteiger partial charge is 0.330 e. The Morgan fingerprint density at radius 2 is 2.25 bits per heavy atom. The zero-order chi connectivity index (χ0) is 14.4. The van der Waals surface area contributed by atoms with Crippen LogP contribution in [0.2, 0.25) is 0 Å². The minimum Gasteiger partial charge on any atom is -0.330 e. The van der Waals surface area contributed by atoms with Crippen molar-refractivity contribution in [2.45, 2.75) is 31.0 Å². The summed E-state index contributed by atoms with van der Waals surface area (Å²) < 4.78 is 0.898. The fourth-order valence-electron chi connectivity index (χ4n) is 1.81. The molecule has 1 heterocycles. The molecule has 0 aliphatic heterocycles. The van der Waals surface area contributed by atoms with Crippen LogP contribution in [-0.4, -0.2) is 16.0 Å². The Balaban J connectivity index is 2.09. The minimum atomic E-state index is 0.533. The normalized spacial score (nSPS) is 10.2. The summed E-state index contributed by atoms with van der Waals surface area (Å²) in [6.45, 7) is 4.23. The molecule has 0 radical (unpaired) electrons. The molecule has 0 amide bonds. The van der Waals surface area contributed by atoms with Crippen molar-refractivity contribution >= 4 is 33.9 Å². The van der Waals surface area contributed by atoms with E-state index in [2.05, 4.69) is 53.6 Å². The summed E-state index contributed by atoms with van der Waals surface area (Å²) in [5, 5.41) is 21.0. The van der Waals surface area contributed by atoms with Crippen LogP contribution in [0.15, 0.2) is 22.5 Å². The Kier molecular flexibility index (Phi) is 5.39. The van der Waals surface area contributed by atoms with E-state index in [1.807, 2.05) is 0 Å². The molecule has 0 fully saturated rings. The van der Waals surface area contributed by atoms with Crippen LogP contribution in [0.5, 0.6) is 0 Å². The molecule has 1 aromatic carbocycles. The standard InChI is InChI=1S/C14H16N4S2/c1-3-11-7-4-6-10(2)12(11)16-13-17-18-14(20-13)19-9-5-8-15/h4,6-7H,3,5,9H2,1-2H3,(H,16,17). The lowest BCUT2D eigenvalue weighted by Crippen LogP contribution is -1.97. The van der Waals surface area contributed by atoms with Crippen LogP contribution in [-0.2, 0) is 6.42 Å². The number of nitrogens with zero attached hydrogens (tertiary/aromatic N) is 3. The van der Waals surface area contributed by atoms with Crippen molar-refractivity contribution in [3.8, 4) is 6.07 Å². The summed E-state index contributed by atoms with van der Waals surface area (Å²) in [7, 11) is 0. The zero-order valence-corrected chi connectivity index (χ0v) is 13.1. The van der Waals surface area contributed by atoms with E-state index in [1.165, 1.54) is 22.5 Å². The smallest absolute Gasteiger partial charge is 0.210 e. The molecule has 0 saturated carbocycles. The highest BCUT2D eigenvalue weighted by molar-refractivity contribution is 8.01. The van der Waals surface area contributed by atoms with Gasteiger partial charge in [0.25, 0.3) is 0 Å². The van der Waals surface area contributed by atoms with Crippen molar-refractivity contribution < 1.29 is 0 Å². The molecule has 0 unspecified atom stereocenters. The van der Waals surface area contributed by atoms with E-state index in [-0.39, 0.29) is 0 Å². The first-order chi connectivity index (χ1) is 9.74. The second-order valence-electron chi connectivity index (χ2n) is 4.22. The Morgan fingerprint density at radius 1 is 1.40 bits per heavy atom. The summed E-state index contributed by atoms with van der Waals surface area (Å²) in [5.74, 6) is 0.760. The van der Waals surface area contributed by atoms with E-state index in [0.717, 1.165) is 27.3 Å². The number of nitriles is 1. The molecule has 0 spiro atoms. The van der Waals surface area contributed by atoms with Gasteiger partial charge in [-0.1, -0.05) is 48.2 Å². The third kappa shape index (κ3) is 3.71. The first-order valence-electron chi connectivity index (χ1n) is 6.43. The number of thioether (sulfide) groups is 1. The molecule has 0 saturated heterocycles. The van der Waals surface area contributed by atoms with Crippen molar-refractivity contribution in [3.05, 3.63) is 29.3 Å². The monoisotopic (exact) mass is 304 g/mol. The average molecular weight is 304 g/mol. The van der Waals surface area contributed by atoms with E-state index >= 15 is 0 Å². The lowest BCUT2D eigenvalue weighted by atomic mass is 10.1. The van der Waals surface area contributed by atoms with Crippen LogP contribution in [0.1, 0.15) is 24.5 Å². The third-order valence-corrected chi connectivity index (χ3v) is 4.79. The van der Waals surface area contributed by atoms with Gasteiger partial charge in [0.2, 0.25) is 5.13 Å². The first kappa shape index (κ1) is 14.8. The molecule has 104 valence electrons. The number of anilines is 2. The van der Waals surface area contributed by atoms with Gasteiger partial charge in [-0.15, -0.1) is 10.2 Å². The van der Waals surface area contributed by atoms with Gasteiger partial charge < -0.3 is 5.32 Å². The van der Waals surface area contributed by atoms with Crippen LogP contribution < -0.4 is 5.32 Å². The molecule has 4 nitrogen and oxygen atoms in total. The molecule has 20 heavy (non-hydrogen) atoms. The van der Waals surface area contributed by atoms with Crippen molar-refractivity contribution in [2.75, 3.05) is 11.1 Å². The van der Waals surface area contributed by atoms with Gasteiger partial charge in [0.05, 0.1) is 6.07 Å². The van der Waals surface area contributed by atoms with E-state index < -0.39 is 0 Å². The van der Waals surface area contributed by atoms with Gasteiger partial charge in [-0.3, -0.25) is 0 Å². The lowest BCUT2D eigenvalue weighted by molar-refractivity contribution is 1.01. The van der Waals surface area contributed by atoms with E-state index in [1.54, 1.807) is 11.8 Å². The third-order valence-electron chi connectivity index (χ3n) is 2.82. The van der Waals surface area contributed by atoms with Gasteiger partial charge in [0.15, 0.2) is 4.34 Å². The lowest BCUT2D eigenvalue weighted by Gasteiger charge is -2.11. The van der Waals surface area contributed by atoms with Crippen molar-refractivity contribution in [1.29, 1.82) is 5.26 Å². The average Bonchev–Trinajstić information content (AvgIpc) is 2.89. The van der Waals surface area contributed by atoms with Crippen molar-refractivity contribution in [2.24, 2.45) is 0 Å². The van der Waals surface area contributed by atoms with Gasteiger partial charge in [-0.25, -0.2) is 0 Å². The molecule has 2 rings (SSSR count). The number of hydrogen-bond donors (Lipinski definition) is 1. The van der Waals surface area contributed by atoms with Gasteiger partial charge in [-0.05, 0) is 24.5 Å². The maximum absolute atomic E-state index is 8.52. The predicted octanol–water partition coefficient (Wildman–Crippen LogP) is 4.16. The van der Waals surface area contributed by atoms with Gasteiger partial charge in [0.1, 0.15) is 0 Å². The number of aromatic nitrogens is 2. The molecular weight excluding hydrogens is 288 g/mol. The predicted molar refractivity (Wildman–Crippen MR) is 84.7 cm³/mol. The fourth-order valence-corrected chi connectivity index (χ4v) is 3.48. The van der Waals surface area contributed by atoms with Crippen LogP contribution in [0, 0.1) is 18.3 Å². The Morgan fingerprint density at radius 3 is 3.00 bits per heavy atom. The summed E-state index contributed by atoms with van der Waals surface area (Å²) in [6, 6.07) is 8.41. The van der Waals surface area contributed by atoms with E-state index in [0.29, 0.717) is 6.42 Å². The molecule has 1 aromatic heterocycles. The number of aryl methyl sites for hydroxylation is 2. The highest BCUT2D eigenvalue weighted by atomic mass is 32.2. The van der Waals surface area contributed by atoms with Gasteiger partial charge in [-0.2, -0.15) is 5.26 Å². The number of nitrogens with one attached hydrogen (secondary N) is 1. The number of hydrogen-bond acceptors (Lipinski definition) is 6. The number of benzene rings is 1. The van der Waals surface area contributed by atoms with Crippen molar-refractivity contribution in [1.82, 2.24) is 10.2 Å². The van der Waals surface area contributed by atoms with Gasteiger partial charge in [0, 0.05) is 17.9 Å². The fraction of sp³-hybridized carbons (Fsp3) is 0.357. The number of para-hydroxylation sites is 1.